The van der Waals surface area contributed by atoms with Crippen molar-refractivity contribution >= 4 is 5.91 Å². The molecule has 1 aliphatic heterocycles. The molecule has 1 fully saturated rings. The van der Waals surface area contributed by atoms with Gasteiger partial charge in [-0.25, -0.2) is 0 Å². The molecule has 2 atom stereocenters. The maximum Gasteiger partial charge on any atom is 0.261 e. The lowest BCUT2D eigenvalue weighted by Crippen LogP contribution is -2.50. The van der Waals surface area contributed by atoms with Crippen LogP contribution < -0.4 is 16.2 Å². The van der Waals surface area contributed by atoms with Crippen LogP contribution in [-0.2, 0) is 0 Å². The minimum atomic E-state index is -0.361. The quantitative estimate of drug-likeness (QED) is 0.809. The molecule has 0 saturated carbocycles. The molecule has 5 heteroatoms. The van der Waals surface area contributed by atoms with E-state index in [1.54, 1.807) is 12.1 Å². The van der Waals surface area contributed by atoms with Gasteiger partial charge >= 0.3 is 0 Å². The maximum absolute atomic E-state index is 12.4. The fourth-order valence-corrected chi connectivity index (χ4v) is 2.87. The first-order valence-electron chi connectivity index (χ1n) is 7.95. The highest BCUT2D eigenvalue weighted by atomic mass is 16.2. The topological polar surface area (TPSA) is 74.0 Å². The molecule has 2 aromatic rings. The van der Waals surface area contributed by atoms with Gasteiger partial charge in [0.05, 0.1) is 0 Å². The van der Waals surface area contributed by atoms with Gasteiger partial charge in [-0.15, -0.1) is 0 Å². The number of hydrogen-bond acceptors (Lipinski definition) is 3. The number of H-pyrrole nitrogens is 1. The van der Waals surface area contributed by atoms with Crippen LogP contribution >= 0.6 is 0 Å². The van der Waals surface area contributed by atoms with Crippen LogP contribution in [0.3, 0.4) is 0 Å². The van der Waals surface area contributed by atoms with Crippen LogP contribution in [0.25, 0.3) is 11.3 Å². The van der Waals surface area contributed by atoms with E-state index in [1.807, 2.05) is 30.3 Å². The molecule has 1 aromatic carbocycles. The summed E-state index contributed by atoms with van der Waals surface area (Å²) >= 11 is 0. The normalized spacial score (nSPS) is 20.9. The van der Waals surface area contributed by atoms with Gasteiger partial charge in [0.1, 0.15) is 5.56 Å². The second-order valence-electron chi connectivity index (χ2n) is 6.03. The number of carbonyl (C=O) groups excluding carboxylic acids is 1. The van der Waals surface area contributed by atoms with E-state index in [2.05, 4.69) is 22.5 Å². The van der Waals surface area contributed by atoms with Gasteiger partial charge in [0, 0.05) is 18.3 Å². The van der Waals surface area contributed by atoms with Crippen molar-refractivity contribution in [2.75, 3.05) is 13.1 Å². The number of piperidine rings is 1. The Morgan fingerprint density at radius 3 is 2.65 bits per heavy atom. The molecular weight excluding hydrogens is 290 g/mol. The van der Waals surface area contributed by atoms with Crippen LogP contribution in [0.5, 0.6) is 0 Å². The molecule has 1 amide bonds. The van der Waals surface area contributed by atoms with Crippen molar-refractivity contribution in [1.82, 2.24) is 15.6 Å². The Morgan fingerprint density at radius 2 is 1.96 bits per heavy atom. The van der Waals surface area contributed by atoms with E-state index in [0.29, 0.717) is 11.6 Å². The third-order valence-corrected chi connectivity index (χ3v) is 4.38. The van der Waals surface area contributed by atoms with Gasteiger partial charge in [-0.05, 0) is 36.6 Å². The van der Waals surface area contributed by atoms with Crippen molar-refractivity contribution in [1.29, 1.82) is 0 Å². The van der Waals surface area contributed by atoms with Gasteiger partial charge in [-0.2, -0.15) is 0 Å². The number of aromatic nitrogens is 1. The fourth-order valence-electron chi connectivity index (χ4n) is 2.87. The van der Waals surface area contributed by atoms with E-state index in [4.69, 9.17) is 0 Å². The highest BCUT2D eigenvalue weighted by Gasteiger charge is 2.24. The van der Waals surface area contributed by atoms with Gasteiger partial charge < -0.3 is 15.6 Å². The Balaban J connectivity index is 1.78. The molecule has 1 aliphatic rings. The van der Waals surface area contributed by atoms with E-state index >= 15 is 0 Å². The molecule has 23 heavy (non-hydrogen) atoms. The summed E-state index contributed by atoms with van der Waals surface area (Å²) in [5.41, 5.74) is 1.42. The summed E-state index contributed by atoms with van der Waals surface area (Å²) in [6.07, 6.45) is 1.02. The van der Waals surface area contributed by atoms with Crippen LogP contribution in [0.2, 0.25) is 0 Å². The molecule has 3 N–H and O–H groups in total. The number of benzene rings is 1. The highest BCUT2D eigenvalue weighted by Crippen LogP contribution is 2.15. The minimum absolute atomic E-state index is 0.0597. The lowest BCUT2D eigenvalue weighted by Gasteiger charge is -2.30. The number of pyridine rings is 1. The van der Waals surface area contributed by atoms with Crippen LogP contribution in [0.15, 0.2) is 47.3 Å². The average molecular weight is 311 g/mol. The van der Waals surface area contributed by atoms with Gasteiger partial charge in [0.25, 0.3) is 11.5 Å². The smallest absolute Gasteiger partial charge is 0.261 e. The zero-order valence-electron chi connectivity index (χ0n) is 13.1. The van der Waals surface area contributed by atoms with Crippen molar-refractivity contribution in [3.05, 3.63) is 58.4 Å². The lowest BCUT2D eigenvalue weighted by atomic mass is 9.94. The van der Waals surface area contributed by atoms with Crippen molar-refractivity contribution in [2.24, 2.45) is 5.92 Å². The molecule has 120 valence electrons. The number of rotatable bonds is 3. The van der Waals surface area contributed by atoms with E-state index in [0.717, 1.165) is 25.1 Å². The molecule has 2 unspecified atom stereocenters. The number of amides is 1. The van der Waals surface area contributed by atoms with E-state index < -0.39 is 0 Å². The van der Waals surface area contributed by atoms with Crippen LogP contribution in [0, 0.1) is 5.92 Å². The minimum Gasteiger partial charge on any atom is -0.348 e. The average Bonchev–Trinajstić information content (AvgIpc) is 2.57. The van der Waals surface area contributed by atoms with E-state index in [9.17, 15) is 9.59 Å². The van der Waals surface area contributed by atoms with Gasteiger partial charge in [-0.1, -0.05) is 37.3 Å². The molecule has 0 radical (unpaired) electrons. The maximum atomic E-state index is 12.4. The monoisotopic (exact) mass is 311 g/mol. The largest absolute Gasteiger partial charge is 0.348 e. The molecule has 0 aliphatic carbocycles. The Morgan fingerprint density at radius 1 is 1.17 bits per heavy atom. The Hall–Kier alpha value is -2.40. The second-order valence-corrected chi connectivity index (χ2v) is 6.03. The summed E-state index contributed by atoms with van der Waals surface area (Å²) in [7, 11) is 0. The first kappa shape index (κ1) is 15.5. The fraction of sp³-hybridized carbons (Fsp3) is 0.333. The van der Waals surface area contributed by atoms with Crippen molar-refractivity contribution in [3.63, 3.8) is 0 Å². The highest BCUT2D eigenvalue weighted by molar-refractivity contribution is 5.94. The lowest BCUT2D eigenvalue weighted by molar-refractivity contribution is 0.0913. The first-order chi connectivity index (χ1) is 11.1. The van der Waals surface area contributed by atoms with Gasteiger partial charge in [0.15, 0.2) is 0 Å². The second kappa shape index (κ2) is 6.79. The number of nitrogens with one attached hydrogen (secondary N) is 3. The molecule has 5 nitrogen and oxygen atoms in total. The summed E-state index contributed by atoms with van der Waals surface area (Å²) < 4.78 is 0. The number of carbonyl (C=O) groups is 1. The first-order valence-corrected chi connectivity index (χ1v) is 7.95. The van der Waals surface area contributed by atoms with Crippen LogP contribution in [0.1, 0.15) is 23.7 Å². The van der Waals surface area contributed by atoms with Crippen LogP contribution in [-0.4, -0.2) is 30.0 Å². The summed E-state index contributed by atoms with van der Waals surface area (Å²) in [5.74, 6) is 0.0919. The molecule has 3 rings (SSSR count). The number of aromatic amines is 1. The summed E-state index contributed by atoms with van der Waals surface area (Å²) in [5, 5.41) is 6.23. The van der Waals surface area contributed by atoms with Gasteiger partial charge in [0.2, 0.25) is 0 Å². The van der Waals surface area contributed by atoms with E-state index in [1.165, 1.54) is 0 Å². The van der Waals surface area contributed by atoms with Crippen LogP contribution in [0.4, 0.5) is 0 Å². The zero-order valence-corrected chi connectivity index (χ0v) is 13.1. The summed E-state index contributed by atoms with van der Waals surface area (Å²) in [6, 6.07) is 13.0. The molecule has 0 spiro atoms. The summed E-state index contributed by atoms with van der Waals surface area (Å²) in [4.78, 5) is 27.4. The third kappa shape index (κ3) is 3.51. The predicted molar refractivity (Wildman–Crippen MR) is 90.4 cm³/mol. The molecule has 1 aromatic heterocycles. The van der Waals surface area contributed by atoms with E-state index in [-0.39, 0.29) is 23.1 Å². The standard InChI is InChI=1S/C18H21N3O2/c1-12-9-10-19-11-16(12)21-18(23)14-7-8-15(20-17(14)22)13-5-3-2-4-6-13/h2-8,12,16,19H,9-11H2,1H3,(H,20,22)(H,21,23). The Kier molecular flexibility index (Phi) is 4.57. The summed E-state index contributed by atoms with van der Waals surface area (Å²) in [6.45, 7) is 3.83. The van der Waals surface area contributed by atoms with Crippen molar-refractivity contribution < 1.29 is 4.79 Å². The zero-order chi connectivity index (χ0) is 16.2. The molecular formula is C18H21N3O2. The number of hydrogen-bond donors (Lipinski definition) is 3. The molecule has 0 bridgehead atoms. The SMILES string of the molecule is CC1CCNCC1NC(=O)c1ccc(-c2ccccc2)[nH]c1=O. The molecule has 2 heterocycles. The Labute approximate surface area is 135 Å². The predicted octanol–water partition coefficient (Wildman–Crippen LogP) is 1.77. The molecule has 1 saturated heterocycles. The Bertz CT molecular complexity index is 739. The van der Waals surface area contributed by atoms with Crippen molar-refractivity contribution in [2.45, 2.75) is 19.4 Å². The third-order valence-electron chi connectivity index (χ3n) is 4.38. The van der Waals surface area contributed by atoms with Crippen molar-refractivity contribution in [3.8, 4) is 11.3 Å². The van der Waals surface area contributed by atoms with Gasteiger partial charge in [-0.3, -0.25) is 9.59 Å².